The number of nitrogens with two attached hydrogens (primary N) is 2. The van der Waals surface area contributed by atoms with Crippen molar-refractivity contribution < 1.29 is 19.1 Å². The summed E-state index contributed by atoms with van der Waals surface area (Å²) in [4.78, 5) is 35.8. The number of anilines is 2. The van der Waals surface area contributed by atoms with Crippen LogP contribution in [0.3, 0.4) is 0 Å². The van der Waals surface area contributed by atoms with E-state index in [1.807, 2.05) is 29.0 Å². The van der Waals surface area contributed by atoms with Crippen LogP contribution in [0.1, 0.15) is 21.8 Å². The SMILES string of the molecule is COC(=O)C(CNC(N)=O)c1ccc(C(=O)Nc2cc(-c3ccsc3)ccc2N)cc1. The first-order valence-electron chi connectivity index (χ1n) is 9.33. The van der Waals surface area contributed by atoms with Crippen LogP contribution in [0.2, 0.25) is 0 Å². The number of carbonyl (C=O) groups is 3. The van der Waals surface area contributed by atoms with Gasteiger partial charge >= 0.3 is 12.0 Å². The number of methoxy groups -OCH3 is 1. The predicted molar refractivity (Wildman–Crippen MR) is 121 cm³/mol. The Morgan fingerprint density at radius 3 is 2.42 bits per heavy atom. The zero-order valence-electron chi connectivity index (χ0n) is 16.8. The molecule has 0 aliphatic heterocycles. The Morgan fingerprint density at radius 2 is 1.81 bits per heavy atom. The van der Waals surface area contributed by atoms with Crippen LogP contribution in [0.25, 0.3) is 11.1 Å². The van der Waals surface area contributed by atoms with E-state index in [0.29, 0.717) is 22.5 Å². The molecule has 2 aromatic carbocycles. The van der Waals surface area contributed by atoms with E-state index >= 15 is 0 Å². The summed E-state index contributed by atoms with van der Waals surface area (Å²) < 4.78 is 4.79. The highest BCUT2D eigenvalue weighted by Gasteiger charge is 2.22. The Hall–Kier alpha value is -3.85. The highest BCUT2D eigenvalue weighted by Crippen LogP contribution is 2.29. The summed E-state index contributed by atoms with van der Waals surface area (Å²) in [7, 11) is 1.26. The van der Waals surface area contributed by atoms with E-state index in [2.05, 4.69) is 10.6 Å². The fourth-order valence-electron chi connectivity index (χ4n) is 3.02. The van der Waals surface area contributed by atoms with Crippen molar-refractivity contribution in [2.24, 2.45) is 5.73 Å². The van der Waals surface area contributed by atoms with Crippen LogP contribution in [0.4, 0.5) is 16.2 Å². The zero-order valence-corrected chi connectivity index (χ0v) is 17.6. The molecule has 3 rings (SSSR count). The Balaban J connectivity index is 1.76. The van der Waals surface area contributed by atoms with Crippen molar-refractivity contribution in [3.63, 3.8) is 0 Å². The molecule has 8 nitrogen and oxygen atoms in total. The van der Waals surface area contributed by atoms with Gasteiger partial charge in [-0.3, -0.25) is 9.59 Å². The molecule has 160 valence electrons. The predicted octanol–water partition coefficient (Wildman–Crippen LogP) is 3.17. The van der Waals surface area contributed by atoms with Crippen molar-refractivity contribution in [2.75, 3.05) is 24.7 Å². The Kier molecular flexibility index (Phi) is 6.88. The molecule has 0 fully saturated rings. The van der Waals surface area contributed by atoms with Crippen LogP contribution in [0.15, 0.2) is 59.3 Å². The molecule has 31 heavy (non-hydrogen) atoms. The van der Waals surface area contributed by atoms with Gasteiger partial charge < -0.3 is 26.8 Å². The Bertz CT molecular complexity index is 1080. The lowest BCUT2D eigenvalue weighted by molar-refractivity contribution is -0.142. The minimum Gasteiger partial charge on any atom is -0.468 e. The van der Waals surface area contributed by atoms with Crippen molar-refractivity contribution in [2.45, 2.75) is 5.92 Å². The van der Waals surface area contributed by atoms with E-state index in [-0.39, 0.29) is 12.5 Å². The largest absolute Gasteiger partial charge is 0.468 e. The first-order chi connectivity index (χ1) is 14.9. The van der Waals surface area contributed by atoms with Crippen molar-refractivity contribution in [3.8, 4) is 11.1 Å². The maximum absolute atomic E-state index is 12.7. The lowest BCUT2D eigenvalue weighted by Crippen LogP contribution is -2.35. The lowest BCUT2D eigenvalue weighted by atomic mass is 9.97. The number of ether oxygens (including phenoxy) is 1. The third-order valence-electron chi connectivity index (χ3n) is 4.70. The van der Waals surface area contributed by atoms with Gasteiger partial charge in [-0.15, -0.1) is 0 Å². The summed E-state index contributed by atoms with van der Waals surface area (Å²) in [5.74, 6) is -1.61. The molecule has 0 radical (unpaired) electrons. The van der Waals surface area contributed by atoms with Gasteiger partial charge in [0.05, 0.1) is 24.4 Å². The molecule has 1 aromatic heterocycles. The standard InChI is InChI=1S/C22H22N4O4S/c1-30-21(28)17(11-25-22(24)29)13-2-4-14(5-3-13)20(27)26-19-10-15(6-7-18(19)23)16-8-9-31-12-16/h2-10,12,17H,11,23H2,1H3,(H,26,27)(H3,24,25,29). The third-order valence-corrected chi connectivity index (χ3v) is 5.38. The molecule has 1 unspecified atom stereocenters. The molecule has 0 aliphatic rings. The molecule has 1 atom stereocenters. The lowest BCUT2D eigenvalue weighted by Gasteiger charge is -2.16. The number of primary amides is 1. The van der Waals surface area contributed by atoms with Gasteiger partial charge in [-0.2, -0.15) is 11.3 Å². The fourth-order valence-corrected chi connectivity index (χ4v) is 3.68. The van der Waals surface area contributed by atoms with Crippen LogP contribution in [0, 0.1) is 0 Å². The number of thiophene rings is 1. The number of amides is 3. The summed E-state index contributed by atoms with van der Waals surface area (Å²) in [5, 5.41) is 9.22. The van der Waals surface area contributed by atoms with Crippen molar-refractivity contribution in [3.05, 3.63) is 70.4 Å². The molecule has 3 amide bonds. The zero-order chi connectivity index (χ0) is 22.4. The number of urea groups is 1. The van der Waals surface area contributed by atoms with Gasteiger partial charge in [0.1, 0.15) is 0 Å². The molecule has 3 aromatic rings. The minimum absolute atomic E-state index is 0.0144. The number of rotatable bonds is 7. The van der Waals surface area contributed by atoms with Gasteiger partial charge in [0.25, 0.3) is 5.91 Å². The molecular weight excluding hydrogens is 416 g/mol. The van der Waals surface area contributed by atoms with Crippen LogP contribution in [-0.4, -0.2) is 31.6 Å². The van der Waals surface area contributed by atoms with Gasteiger partial charge in [0.2, 0.25) is 0 Å². The fraction of sp³-hybridized carbons (Fsp3) is 0.136. The highest BCUT2D eigenvalue weighted by molar-refractivity contribution is 7.08. The van der Waals surface area contributed by atoms with Gasteiger partial charge in [0.15, 0.2) is 0 Å². The quantitative estimate of drug-likeness (QED) is 0.332. The van der Waals surface area contributed by atoms with Crippen molar-refractivity contribution in [1.82, 2.24) is 5.32 Å². The average Bonchev–Trinajstić information content (AvgIpc) is 3.30. The van der Waals surface area contributed by atoms with Crippen molar-refractivity contribution in [1.29, 1.82) is 0 Å². The second kappa shape index (κ2) is 9.77. The first kappa shape index (κ1) is 21.8. The molecule has 1 heterocycles. The second-order valence-electron chi connectivity index (χ2n) is 6.71. The summed E-state index contributed by atoms with van der Waals surface area (Å²) in [5.41, 5.74) is 15.0. The molecular formula is C22H22N4O4S. The summed E-state index contributed by atoms with van der Waals surface area (Å²) in [6.45, 7) is -0.0144. The summed E-state index contributed by atoms with van der Waals surface area (Å²) >= 11 is 1.59. The van der Waals surface area contributed by atoms with E-state index in [1.54, 1.807) is 41.7 Å². The van der Waals surface area contributed by atoms with Crippen LogP contribution >= 0.6 is 11.3 Å². The maximum Gasteiger partial charge on any atom is 0.314 e. The summed E-state index contributed by atoms with van der Waals surface area (Å²) in [6.07, 6.45) is 0. The number of nitrogens with one attached hydrogen (secondary N) is 2. The van der Waals surface area contributed by atoms with E-state index in [4.69, 9.17) is 16.2 Å². The number of carbonyl (C=O) groups excluding carboxylic acids is 3. The molecule has 9 heteroatoms. The smallest absolute Gasteiger partial charge is 0.314 e. The van der Waals surface area contributed by atoms with Crippen LogP contribution in [0.5, 0.6) is 0 Å². The highest BCUT2D eigenvalue weighted by atomic mass is 32.1. The number of nitrogen functional groups attached to an aromatic ring is 1. The number of hydrogen-bond donors (Lipinski definition) is 4. The minimum atomic E-state index is -0.743. The second-order valence-corrected chi connectivity index (χ2v) is 7.49. The molecule has 0 bridgehead atoms. The van der Waals surface area contributed by atoms with E-state index < -0.39 is 17.9 Å². The number of esters is 1. The van der Waals surface area contributed by atoms with E-state index in [1.165, 1.54) is 7.11 Å². The number of hydrogen-bond acceptors (Lipinski definition) is 6. The normalized spacial score (nSPS) is 11.4. The maximum atomic E-state index is 12.7. The number of benzene rings is 2. The topological polar surface area (TPSA) is 137 Å². The average molecular weight is 439 g/mol. The molecule has 0 aliphatic carbocycles. The van der Waals surface area contributed by atoms with Gasteiger partial charge in [-0.25, -0.2) is 4.79 Å². The van der Waals surface area contributed by atoms with Gasteiger partial charge in [0, 0.05) is 12.1 Å². The third kappa shape index (κ3) is 5.40. The summed E-state index contributed by atoms with van der Waals surface area (Å²) in [6, 6.07) is 13.2. The first-order valence-corrected chi connectivity index (χ1v) is 10.3. The molecule has 6 N–H and O–H groups in total. The Morgan fingerprint density at radius 1 is 1.06 bits per heavy atom. The van der Waals surface area contributed by atoms with E-state index in [0.717, 1.165) is 11.1 Å². The van der Waals surface area contributed by atoms with E-state index in [9.17, 15) is 14.4 Å². The van der Waals surface area contributed by atoms with Crippen molar-refractivity contribution >= 4 is 40.6 Å². The van der Waals surface area contributed by atoms with Crippen LogP contribution < -0.4 is 22.1 Å². The molecule has 0 spiro atoms. The van der Waals surface area contributed by atoms with Gasteiger partial charge in [-0.05, 0) is 57.8 Å². The Labute approximate surface area is 183 Å². The molecule has 0 saturated carbocycles. The monoisotopic (exact) mass is 438 g/mol. The van der Waals surface area contributed by atoms with Crippen LogP contribution in [-0.2, 0) is 9.53 Å². The molecule has 0 saturated heterocycles. The van der Waals surface area contributed by atoms with Gasteiger partial charge in [-0.1, -0.05) is 18.2 Å².